The van der Waals surface area contributed by atoms with Gasteiger partial charge in [-0.05, 0) is 53.1 Å². The number of hydrogen-bond donors (Lipinski definition) is 2. The molecule has 0 radical (unpaired) electrons. The zero-order valence-electron chi connectivity index (χ0n) is 12.9. The fourth-order valence-corrected chi connectivity index (χ4v) is 2.46. The second kappa shape index (κ2) is 7.25. The first-order valence-corrected chi connectivity index (χ1v) is 7.60. The molecular weight excluding hydrogens is 240 g/mol. The summed E-state index contributed by atoms with van der Waals surface area (Å²) in [5.41, 5.74) is -0.792. The van der Waals surface area contributed by atoms with E-state index in [1.165, 1.54) is 19.3 Å². The van der Waals surface area contributed by atoms with Crippen LogP contribution in [0.3, 0.4) is 0 Å². The Labute approximate surface area is 117 Å². The molecule has 4 heteroatoms. The maximum absolute atomic E-state index is 11.5. The Morgan fingerprint density at radius 1 is 1.47 bits per heavy atom. The summed E-state index contributed by atoms with van der Waals surface area (Å²) in [7, 11) is 2.10. The molecule has 2 N–H and O–H groups in total. The van der Waals surface area contributed by atoms with E-state index in [1.54, 1.807) is 0 Å². The molecule has 1 aliphatic carbocycles. The fraction of sp³-hybridized carbons (Fsp3) is 0.933. The van der Waals surface area contributed by atoms with Crippen molar-refractivity contribution in [1.29, 1.82) is 0 Å². The summed E-state index contributed by atoms with van der Waals surface area (Å²) < 4.78 is 0. The van der Waals surface area contributed by atoms with Gasteiger partial charge in [0.05, 0.1) is 0 Å². The van der Waals surface area contributed by atoms with Crippen LogP contribution in [0.15, 0.2) is 0 Å². The first-order valence-electron chi connectivity index (χ1n) is 7.60. The molecule has 0 aliphatic heterocycles. The molecule has 2 unspecified atom stereocenters. The summed E-state index contributed by atoms with van der Waals surface area (Å²) in [4.78, 5) is 13.8. The molecule has 2 atom stereocenters. The number of hydrogen-bond acceptors (Lipinski definition) is 3. The SMILES string of the molecule is CCCCCN(C)C(C)CC(C)(NC1CC1)C(=O)O. The van der Waals surface area contributed by atoms with Crippen molar-refractivity contribution in [2.45, 2.75) is 76.9 Å². The largest absolute Gasteiger partial charge is 0.480 e. The topological polar surface area (TPSA) is 52.6 Å². The van der Waals surface area contributed by atoms with Crippen LogP contribution in [-0.4, -0.2) is 47.2 Å². The van der Waals surface area contributed by atoms with Gasteiger partial charge in [0, 0.05) is 12.1 Å². The summed E-state index contributed by atoms with van der Waals surface area (Å²) in [6.07, 6.45) is 6.54. The summed E-state index contributed by atoms with van der Waals surface area (Å²) in [5.74, 6) is -0.729. The molecule has 0 aromatic rings. The first-order chi connectivity index (χ1) is 8.89. The first kappa shape index (κ1) is 16.4. The van der Waals surface area contributed by atoms with E-state index in [-0.39, 0.29) is 6.04 Å². The minimum Gasteiger partial charge on any atom is -0.480 e. The van der Waals surface area contributed by atoms with Crippen molar-refractivity contribution in [1.82, 2.24) is 10.2 Å². The zero-order valence-corrected chi connectivity index (χ0v) is 12.9. The predicted octanol–water partition coefficient (Wildman–Crippen LogP) is 2.48. The lowest BCUT2D eigenvalue weighted by Gasteiger charge is -2.33. The van der Waals surface area contributed by atoms with E-state index in [0.29, 0.717) is 12.5 Å². The second-order valence-electron chi connectivity index (χ2n) is 6.30. The van der Waals surface area contributed by atoms with Gasteiger partial charge in [-0.1, -0.05) is 19.8 Å². The van der Waals surface area contributed by atoms with Crippen molar-refractivity contribution in [2.24, 2.45) is 0 Å². The van der Waals surface area contributed by atoms with Crippen molar-refractivity contribution < 1.29 is 9.90 Å². The van der Waals surface area contributed by atoms with Gasteiger partial charge in [0.25, 0.3) is 0 Å². The van der Waals surface area contributed by atoms with Crippen LogP contribution in [0.25, 0.3) is 0 Å². The molecule has 4 nitrogen and oxygen atoms in total. The van der Waals surface area contributed by atoms with Gasteiger partial charge in [0.15, 0.2) is 0 Å². The quantitative estimate of drug-likeness (QED) is 0.599. The van der Waals surface area contributed by atoms with Gasteiger partial charge in [-0.2, -0.15) is 0 Å². The zero-order chi connectivity index (χ0) is 14.5. The smallest absolute Gasteiger partial charge is 0.323 e. The number of nitrogens with zero attached hydrogens (tertiary/aromatic N) is 1. The third kappa shape index (κ3) is 5.49. The Hall–Kier alpha value is -0.610. The summed E-state index contributed by atoms with van der Waals surface area (Å²) >= 11 is 0. The highest BCUT2D eigenvalue weighted by molar-refractivity contribution is 5.78. The summed E-state index contributed by atoms with van der Waals surface area (Å²) in [6, 6.07) is 0.697. The highest BCUT2D eigenvalue weighted by Gasteiger charge is 2.39. The van der Waals surface area contributed by atoms with Crippen LogP contribution in [0, 0.1) is 0 Å². The molecule has 1 fully saturated rings. The van der Waals surface area contributed by atoms with E-state index < -0.39 is 11.5 Å². The molecule has 0 saturated heterocycles. The molecule has 112 valence electrons. The lowest BCUT2D eigenvalue weighted by Crippen LogP contribution is -2.54. The Balaban J connectivity index is 2.45. The van der Waals surface area contributed by atoms with E-state index in [0.717, 1.165) is 19.4 Å². The molecule has 0 bridgehead atoms. The third-order valence-corrected chi connectivity index (χ3v) is 4.14. The van der Waals surface area contributed by atoms with Gasteiger partial charge >= 0.3 is 5.97 Å². The molecule has 0 heterocycles. The Kier molecular flexibility index (Phi) is 6.27. The van der Waals surface area contributed by atoms with E-state index in [2.05, 4.69) is 31.1 Å². The number of aliphatic carboxylic acids is 1. The van der Waals surface area contributed by atoms with Crippen LogP contribution >= 0.6 is 0 Å². The van der Waals surface area contributed by atoms with Gasteiger partial charge in [0.1, 0.15) is 5.54 Å². The normalized spacial score (nSPS) is 20.3. The molecule has 0 spiro atoms. The lowest BCUT2D eigenvalue weighted by atomic mass is 9.92. The van der Waals surface area contributed by atoms with Crippen LogP contribution in [0.1, 0.15) is 59.3 Å². The number of unbranched alkanes of at least 4 members (excludes halogenated alkanes) is 2. The van der Waals surface area contributed by atoms with E-state index in [9.17, 15) is 9.90 Å². The maximum Gasteiger partial charge on any atom is 0.323 e. The van der Waals surface area contributed by atoms with Crippen LogP contribution < -0.4 is 5.32 Å². The van der Waals surface area contributed by atoms with Gasteiger partial charge < -0.3 is 10.0 Å². The number of nitrogens with one attached hydrogen (secondary N) is 1. The van der Waals surface area contributed by atoms with Gasteiger partial charge in [0.2, 0.25) is 0 Å². The molecule has 1 aliphatic rings. The fourth-order valence-electron chi connectivity index (χ4n) is 2.46. The summed E-state index contributed by atoms with van der Waals surface area (Å²) in [5, 5.41) is 12.8. The van der Waals surface area contributed by atoms with Crippen molar-refractivity contribution >= 4 is 5.97 Å². The van der Waals surface area contributed by atoms with Crippen LogP contribution in [0.5, 0.6) is 0 Å². The minimum atomic E-state index is -0.792. The maximum atomic E-state index is 11.5. The summed E-state index contributed by atoms with van der Waals surface area (Å²) in [6.45, 7) is 7.20. The number of carboxylic acid groups (broad SMARTS) is 1. The predicted molar refractivity (Wildman–Crippen MR) is 78.4 cm³/mol. The van der Waals surface area contributed by atoms with E-state index >= 15 is 0 Å². The Bertz CT molecular complexity index is 292. The molecule has 0 aromatic heterocycles. The standard InChI is InChI=1S/C15H30N2O2/c1-5-6-7-10-17(4)12(2)11-15(3,14(18)19)16-13-8-9-13/h12-13,16H,5-11H2,1-4H3,(H,18,19). The van der Waals surface area contributed by atoms with Crippen molar-refractivity contribution in [2.75, 3.05) is 13.6 Å². The molecule has 1 rings (SSSR count). The molecule has 0 aromatic carbocycles. The molecular formula is C15H30N2O2. The monoisotopic (exact) mass is 270 g/mol. The van der Waals surface area contributed by atoms with Gasteiger partial charge in [-0.15, -0.1) is 0 Å². The van der Waals surface area contributed by atoms with Crippen LogP contribution in [0.2, 0.25) is 0 Å². The molecule has 19 heavy (non-hydrogen) atoms. The highest BCUT2D eigenvalue weighted by Crippen LogP contribution is 2.26. The van der Waals surface area contributed by atoms with Gasteiger partial charge in [-0.3, -0.25) is 10.1 Å². The number of carboxylic acids is 1. The van der Waals surface area contributed by atoms with E-state index in [1.807, 2.05) is 6.92 Å². The van der Waals surface area contributed by atoms with Crippen molar-refractivity contribution in [3.8, 4) is 0 Å². The number of rotatable bonds is 10. The lowest BCUT2D eigenvalue weighted by molar-refractivity contribution is -0.145. The van der Waals surface area contributed by atoms with E-state index in [4.69, 9.17) is 0 Å². The minimum absolute atomic E-state index is 0.282. The third-order valence-electron chi connectivity index (χ3n) is 4.14. The Morgan fingerprint density at radius 2 is 2.11 bits per heavy atom. The average molecular weight is 270 g/mol. The molecule has 0 amide bonds. The second-order valence-corrected chi connectivity index (χ2v) is 6.30. The number of carbonyl (C=O) groups is 1. The molecule has 1 saturated carbocycles. The van der Waals surface area contributed by atoms with Crippen molar-refractivity contribution in [3.63, 3.8) is 0 Å². The van der Waals surface area contributed by atoms with Crippen LogP contribution in [0.4, 0.5) is 0 Å². The van der Waals surface area contributed by atoms with Gasteiger partial charge in [-0.25, -0.2) is 0 Å². The highest BCUT2D eigenvalue weighted by atomic mass is 16.4. The van der Waals surface area contributed by atoms with Crippen molar-refractivity contribution in [3.05, 3.63) is 0 Å². The average Bonchev–Trinajstić information content (AvgIpc) is 3.12. The van der Waals surface area contributed by atoms with Crippen LogP contribution in [-0.2, 0) is 4.79 Å². The Morgan fingerprint density at radius 3 is 2.58 bits per heavy atom.